The molecule has 2 aromatic rings. The zero-order valence-electron chi connectivity index (χ0n) is 24.8. The lowest BCUT2D eigenvalue weighted by atomic mass is 9.96. The molecule has 1 amide bonds. The molecule has 3 rings (SSSR count). The van der Waals surface area contributed by atoms with Crippen LogP contribution in [0.1, 0.15) is 85.1 Å². The highest BCUT2D eigenvalue weighted by atomic mass is 19.4. The van der Waals surface area contributed by atoms with Gasteiger partial charge >= 0.3 is 6.18 Å². The fourth-order valence-corrected chi connectivity index (χ4v) is 5.51. The Bertz CT molecular complexity index is 1070. The maximum Gasteiger partial charge on any atom is 0.416 e. The first-order valence-electron chi connectivity index (χ1n) is 14.7. The number of ether oxygens (including phenoxy) is 1. The van der Waals surface area contributed by atoms with E-state index in [0.717, 1.165) is 57.0 Å². The van der Waals surface area contributed by atoms with Crippen LogP contribution in [-0.4, -0.2) is 73.0 Å². The summed E-state index contributed by atoms with van der Waals surface area (Å²) < 4.78 is 44.7. The summed E-state index contributed by atoms with van der Waals surface area (Å²) >= 11 is 0. The Hall–Kier alpha value is -2.58. The highest BCUT2D eigenvalue weighted by Crippen LogP contribution is 2.32. The second-order valence-electron chi connectivity index (χ2n) is 10.9. The van der Waals surface area contributed by atoms with Gasteiger partial charge in [-0.05, 0) is 113 Å². The summed E-state index contributed by atoms with van der Waals surface area (Å²) in [4.78, 5) is 19.5. The Morgan fingerprint density at radius 3 is 2.10 bits per heavy atom. The Morgan fingerprint density at radius 1 is 0.900 bits per heavy atom. The van der Waals surface area contributed by atoms with Crippen LogP contribution in [0.25, 0.3) is 0 Å². The number of unbranched alkanes of at least 4 members (excludes halogenated alkanes) is 1. The van der Waals surface area contributed by atoms with Crippen LogP contribution in [0, 0.1) is 13.8 Å². The van der Waals surface area contributed by atoms with Crippen molar-refractivity contribution in [2.45, 2.75) is 72.5 Å². The summed E-state index contributed by atoms with van der Waals surface area (Å²) in [6.07, 6.45) is 0.150. The second-order valence-corrected chi connectivity index (χ2v) is 10.9. The van der Waals surface area contributed by atoms with Gasteiger partial charge in [-0.3, -0.25) is 9.69 Å². The minimum Gasteiger partial charge on any atom is -0.493 e. The smallest absolute Gasteiger partial charge is 0.416 e. The number of piperazine rings is 1. The van der Waals surface area contributed by atoms with E-state index in [9.17, 15) is 18.0 Å². The molecule has 0 radical (unpaired) electrons. The zero-order valence-corrected chi connectivity index (χ0v) is 24.8. The lowest BCUT2D eigenvalue weighted by Crippen LogP contribution is -2.49. The van der Waals surface area contributed by atoms with Crippen molar-refractivity contribution < 1.29 is 22.7 Å². The first kappa shape index (κ1) is 31.9. The van der Waals surface area contributed by atoms with E-state index in [0.29, 0.717) is 26.2 Å². The topological polar surface area (TPSA) is 36.0 Å². The summed E-state index contributed by atoms with van der Waals surface area (Å²) in [6.45, 7) is 17.6. The highest BCUT2D eigenvalue weighted by Gasteiger charge is 2.31. The molecule has 0 aliphatic carbocycles. The van der Waals surface area contributed by atoms with Gasteiger partial charge in [-0.1, -0.05) is 19.9 Å². The van der Waals surface area contributed by atoms with Crippen molar-refractivity contribution in [2.24, 2.45) is 0 Å². The van der Waals surface area contributed by atoms with Crippen molar-refractivity contribution in [1.82, 2.24) is 14.7 Å². The molecule has 8 heteroatoms. The number of rotatable bonds is 13. The molecule has 0 saturated carbocycles. The standard InChI is InChI=1S/C32H46F3N3O2/c1-6-16-36(17-7-2)18-8-9-23-40-30-15-14-29(24(3)25(30)4)26(5)37-19-21-38(22-20-37)31(39)27-10-12-28(13-11-27)32(33,34)35/h10-15,26H,6-9,16-23H2,1-5H3. The first-order valence-corrected chi connectivity index (χ1v) is 14.7. The molecular weight excluding hydrogens is 515 g/mol. The molecule has 1 atom stereocenters. The van der Waals surface area contributed by atoms with E-state index in [1.807, 2.05) is 0 Å². The van der Waals surface area contributed by atoms with Crippen LogP contribution in [0.5, 0.6) is 5.75 Å². The SMILES string of the molecule is CCCN(CCC)CCCCOc1ccc(C(C)N2CCN(C(=O)c3ccc(C(F)(F)F)cc3)CC2)c(C)c1C. The molecule has 0 N–H and O–H groups in total. The average molecular weight is 562 g/mol. The van der Waals surface area contributed by atoms with Crippen LogP contribution in [0.2, 0.25) is 0 Å². The number of alkyl halides is 3. The Morgan fingerprint density at radius 2 is 1.52 bits per heavy atom. The van der Waals surface area contributed by atoms with E-state index in [-0.39, 0.29) is 17.5 Å². The van der Waals surface area contributed by atoms with E-state index in [2.05, 4.69) is 56.6 Å². The van der Waals surface area contributed by atoms with Crippen molar-refractivity contribution in [1.29, 1.82) is 0 Å². The molecule has 5 nitrogen and oxygen atoms in total. The molecule has 0 spiro atoms. The summed E-state index contributed by atoms with van der Waals surface area (Å²) in [5, 5.41) is 0. The minimum absolute atomic E-state index is 0.180. The van der Waals surface area contributed by atoms with Gasteiger partial charge in [0.15, 0.2) is 0 Å². The number of halogens is 3. The van der Waals surface area contributed by atoms with Gasteiger partial charge in [-0.2, -0.15) is 13.2 Å². The molecule has 0 bridgehead atoms. The minimum atomic E-state index is -4.41. The maximum atomic E-state index is 12.9. The monoisotopic (exact) mass is 561 g/mol. The van der Waals surface area contributed by atoms with Crippen LogP contribution in [0.4, 0.5) is 13.2 Å². The molecular formula is C32H46F3N3O2. The predicted molar refractivity (Wildman–Crippen MR) is 155 cm³/mol. The third-order valence-corrected chi connectivity index (χ3v) is 8.04. The van der Waals surface area contributed by atoms with Crippen molar-refractivity contribution in [3.05, 3.63) is 64.2 Å². The molecule has 222 valence electrons. The van der Waals surface area contributed by atoms with E-state index >= 15 is 0 Å². The number of carbonyl (C=O) groups is 1. The van der Waals surface area contributed by atoms with Crippen molar-refractivity contribution in [2.75, 3.05) is 52.4 Å². The highest BCUT2D eigenvalue weighted by molar-refractivity contribution is 5.94. The van der Waals surface area contributed by atoms with Crippen LogP contribution in [0.15, 0.2) is 36.4 Å². The molecule has 1 unspecified atom stereocenters. The summed E-state index contributed by atoms with van der Waals surface area (Å²) in [5.41, 5.74) is 3.19. The molecule has 1 fully saturated rings. The Balaban J connectivity index is 1.50. The summed E-state index contributed by atoms with van der Waals surface area (Å²) in [5.74, 6) is 0.720. The van der Waals surface area contributed by atoms with E-state index < -0.39 is 11.7 Å². The van der Waals surface area contributed by atoms with Gasteiger partial charge in [0.1, 0.15) is 5.75 Å². The molecule has 0 aromatic heterocycles. The second kappa shape index (κ2) is 14.9. The number of carbonyl (C=O) groups excluding carboxylic acids is 1. The van der Waals surface area contributed by atoms with Gasteiger partial charge in [-0.15, -0.1) is 0 Å². The van der Waals surface area contributed by atoms with Gasteiger partial charge in [0.2, 0.25) is 0 Å². The third-order valence-electron chi connectivity index (χ3n) is 8.04. The normalized spacial score (nSPS) is 15.5. The fraction of sp³-hybridized carbons (Fsp3) is 0.594. The molecule has 2 aromatic carbocycles. The molecule has 1 aliphatic rings. The number of nitrogens with zero attached hydrogens (tertiary/aromatic N) is 3. The van der Waals surface area contributed by atoms with Gasteiger partial charge in [0.25, 0.3) is 5.91 Å². The quantitative estimate of drug-likeness (QED) is 0.244. The third kappa shape index (κ3) is 8.46. The van der Waals surface area contributed by atoms with Crippen molar-refractivity contribution in [3.8, 4) is 5.75 Å². The van der Waals surface area contributed by atoms with E-state index in [4.69, 9.17) is 4.74 Å². The van der Waals surface area contributed by atoms with Crippen LogP contribution in [0.3, 0.4) is 0 Å². The zero-order chi connectivity index (χ0) is 29.3. The summed E-state index contributed by atoms with van der Waals surface area (Å²) in [6, 6.07) is 8.90. The number of hydrogen-bond acceptors (Lipinski definition) is 4. The van der Waals surface area contributed by atoms with E-state index in [1.54, 1.807) is 4.90 Å². The fourth-order valence-electron chi connectivity index (χ4n) is 5.51. The molecule has 1 saturated heterocycles. The Kier molecular flexibility index (Phi) is 11.9. The lowest BCUT2D eigenvalue weighted by Gasteiger charge is -2.39. The average Bonchev–Trinajstić information content (AvgIpc) is 2.94. The largest absolute Gasteiger partial charge is 0.493 e. The van der Waals surface area contributed by atoms with Gasteiger partial charge in [0, 0.05) is 37.8 Å². The van der Waals surface area contributed by atoms with E-state index in [1.165, 1.54) is 41.7 Å². The maximum absolute atomic E-state index is 12.9. The molecule has 1 heterocycles. The van der Waals surface area contributed by atoms with Gasteiger partial charge < -0.3 is 14.5 Å². The molecule has 1 aliphatic heterocycles. The predicted octanol–water partition coefficient (Wildman–Crippen LogP) is 7.12. The van der Waals surface area contributed by atoms with Crippen LogP contribution < -0.4 is 4.74 Å². The van der Waals surface area contributed by atoms with Crippen molar-refractivity contribution >= 4 is 5.91 Å². The Labute approximate surface area is 238 Å². The van der Waals surface area contributed by atoms with Crippen LogP contribution in [-0.2, 0) is 6.18 Å². The summed E-state index contributed by atoms with van der Waals surface area (Å²) in [7, 11) is 0. The first-order chi connectivity index (χ1) is 19.1. The van der Waals surface area contributed by atoms with Crippen molar-refractivity contribution in [3.63, 3.8) is 0 Å². The molecule has 40 heavy (non-hydrogen) atoms. The number of amides is 1. The number of benzene rings is 2. The van der Waals surface area contributed by atoms with Gasteiger partial charge in [0.05, 0.1) is 12.2 Å². The van der Waals surface area contributed by atoms with Crippen LogP contribution >= 0.6 is 0 Å². The van der Waals surface area contributed by atoms with Gasteiger partial charge in [-0.25, -0.2) is 0 Å². The lowest BCUT2D eigenvalue weighted by molar-refractivity contribution is -0.137. The number of hydrogen-bond donors (Lipinski definition) is 0.